The Kier molecular flexibility index (Phi) is 5.71. The molecule has 0 aromatic heterocycles. The molecule has 0 spiro atoms. The first-order valence-corrected chi connectivity index (χ1v) is 9.83. The fourth-order valence-corrected chi connectivity index (χ4v) is 4.63. The molecule has 4 nitrogen and oxygen atoms in total. The second-order valence-electron chi connectivity index (χ2n) is 5.88. The smallest absolute Gasteiger partial charge is 0.188 e. The minimum absolute atomic E-state index is 0.129. The summed E-state index contributed by atoms with van der Waals surface area (Å²) in [5.41, 5.74) is 0.528. The van der Waals surface area contributed by atoms with Crippen LogP contribution in [0.2, 0.25) is 0 Å². The lowest BCUT2D eigenvalue weighted by molar-refractivity contribution is 0.103. The van der Waals surface area contributed by atoms with E-state index in [1.165, 1.54) is 12.1 Å². The first-order valence-electron chi connectivity index (χ1n) is 8.29. The van der Waals surface area contributed by atoms with Gasteiger partial charge in [-0.25, -0.2) is 8.42 Å². The highest BCUT2D eigenvalue weighted by molar-refractivity contribution is 7.91. The molecule has 3 aromatic carbocycles. The molecule has 26 heavy (non-hydrogen) atoms. The fraction of sp³-hybridized carbons (Fsp3) is 0.143. The molecule has 0 radical (unpaired) electrons. The van der Waals surface area contributed by atoms with E-state index in [1.807, 2.05) is 24.3 Å². The number of aliphatic hydroxyl groups excluding tert-OH is 1. The van der Waals surface area contributed by atoms with Crippen molar-refractivity contribution in [3.8, 4) is 5.75 Å². The summed E-state index contributed by atoms with van der Waals surface area (Å²) in [6.07, 6.45) is -1.22. The quantitative estimate of drug-likeness (QED) is 0.691. The Labute approximate surface area is 153 Å². The third kappa shape index (κ3) is 4.12. The summed E-state index contributed by atoms with van der Waals surface area (Å²) in [5.74, 6) is 0.579. The van der Waals surface area contributed by atoms with Crippen molar-refractivity contribution in [3.63, 3.8) is 0 Å². The summed E-state index contributed by atoms with van der Waals surface area (Å²) in [5, 5.41) is 9.60. The van der Waals surface area contributed by atoms with Gasteiger partial charge in [-0.15, -0.1) is 0 Å². The van der Waals surface area contributed by atoms with Crippen LogP contribution in [-0.2, 0) is 9.84 Å². The van der Waals surface area contributed by atoms with E-state index in [0.717, 1.165) is 0 Å². The Morgan fingerprint density at radius 2 is 1.27 bits per heavy atom. The minimum atomic E-state index is -3.79. The van der Waals surface area contributed by atoms with Gasteiger partial charge in [0.05, 0.1) is 4.90 Å². The summed E-state index contributed by atoms with van der Waals surface area (Å²) in [4.78, 5) is 0.174. The van der Waals surface area contributed by atoms with Crippen LogP contribution in [0.25, 0.3) is 0 Å². The molecular formula is C21H20O4S. The van der Waals surface area contributed by atoms with Crippen LogP contribution in [0.5, 0.6) is 5.75 Å². The van der Waals surface area contributed by atoms with Gasteiger partial charge in [0, 0.05) is 0 Å². The second-order valence-corrected chi connectivity index (χ2v) is 7.95. The maximum atomic E-state index is 13.2. The number of ether oxygens (including phenoxy) is 1. The molecule has 0 saturated carbocycles. The molecule has 3 rings (SSSR count). The molecule has 0 aliphatic carbocycles. The molecule has 0 aliphatic heterocycles. The molecule has 0 aliphatic rings. The van der Waals surface area contributed by atoms with E-state index < -0.39 is 21.2 Å². The lowest BCUT2D eigenvalue weighted by Crippen LogP contribution is -2.31. The van der Waals surface area contributed by atoms with Crippen molar-refractivity contribution in [1.29, 1.82) is 0 Å². The van der Waals surface area contributed by atoms with Gasteiger partial charge in [0.2, 0.25) is 0 Å². The number of hydrogen-bond donors (Lipinski definition) is 1. The van der Waals surface area contributed by atoms with E-state index >= 15 is 0 Å². The first-order chi connectivity index (χ1) is 12.6. The molecule has 3 aromatic rings. The number of hydrogen-bond acceptors (Lipinski definition) is 4. The zero-order valence-corrected chi connectivity index (χ0v) is 14.9. The summed E-state index contributed by atoms with van der Waals surface area (Å²) in [7, 11) is -3.79. The lowest BCUT2D eigenvalue weighted by Gasteiger charge is -2.24. The average molecular weight is 368 g/mol. The van der Waals surface area contributed by atoms with Crippen molar-refractivity contribution in [2.45, 2.75) is 16.2 Å². The van der Waals surface area contributed by atoms with E-state index in [2.05, 4.69) is 0 Å². The van der Waals surface area contributed by atoms with E-state index in [1.54, 1.807) is 54.6 Å². The van der Waals surface area contributed by atoms with Gasteiger partial charge in [0.1, 0.15) is 23.7 Å². The molecule has 0 amide bonds. The Morgan fingerprint density at radius 3 is 1.85 bits per heavy atom. The maximum Gasteiger partial charge on any atom is 0.188 e. The monoisotopic (exact) mass is 368 g/mol. The standard InChI is InChI=1S/C21H20O4S/c22-20(16-25-18-12-6-2-7-13-18)21(17-10-4-1-5-11-17)26(23,24)19-14-8-3-9-15-19/h1-15,20-22H,16H2/t20-,21+/m0/s1. The lowest BCUT2D eigenvalue weighted by atomic mass is 10.1. The number of rotatable bonds is 7. The third-order valence-corrected chi connectivity index (χ3v) is 6.23. The predicted molar refractivity (Wildman–Crippen MR) is 101 cm³/mol. The van der Waals surface area contributed by atoms with Crippen LogP contribution in [-0.4, -0.2) is 26.2 Å². The van der Waals surface area contributed by atoms with Gasteiger partial charge in [-0.2, -0.15) is 0 Å². The molecule has 0 heterocycles. The molecule has 0 bridgehead atoms. The maximum absolute atomic E-state index is 13.2. The predicted octanol–water partition coefficient (Wildman–Crippen LogP) is 3.64. The van der Waals surface area contributed by atoms with Crippen LogP contribution < -0.4 is 4.74 Å². The van der Waals surface area contributed by atoms with Crippen LogP contribution in [0.4, 0.5) is 0 Å². The topological polar surface area (TPSA) is 63.6 Å². The Balaban J connectivity index is 1.91. The van der Waals surface area contributed by atoms with Gasteiger partial charge < -0.3 is 9.84 Å². The molecular weight excluding hydrogens is 348 g/mol. The van der Waals surface area contributed by atoms with Crippen molar-refractivity contribution < 1.29 is 18.3 Å². The summed E-state index contributed by atoms with van der Waals surface area (Å²) < 4.78 is 31.9. The molecule has 5 heteroatoms. The Hall–Kier alpha value is -2.63. The summed E-state index contributed by atoms with van der Waals surface area (Å²) in [6.45, 7) is -0.129. The van der Waals surface area contributed by atoms with E-state index in [-0.39, 0.29) is 11.5 Å². The van der Waals surface area contributed by atoms with Gasteiger partial charge in [-0.3, -0.25) is 0 Å². The number of para-hydroxylation sites is 1. The first kappa shape index (κ1) is 18.2. The summed E-state index contributed by atoms with van der Waals surface area (Å²) >= 11 is 0. The molecule has 2 atom stereocenters. The van der Waals surface area contributed by atoms with Crippen molar-refractivity contribution in [2.75, 3.05) is 6.61 Å². The van der Waals surface area contributed by atoms with Gasteiger partial charge in [-0.1, -0.05) is 66.7 Å². The molecule has 0 saturated heterocycles. The van der Waals surface area contributed by atoms with Crippen molar-refractivity contribution in [2.24, 2.45) is 0 Å². The zero-order valence-electron chi connectivity index (χ0n) is 14.1. The van der Waals surface area contributed by atoms with Gasteiger partial charge in [0.25, 0.3) is 0 Å². The molecule has 1 N–H and O–H groups in total. The average Bonchev–Trinajstić information content (AvgIpc) is 2.69. The van der Waals surface area contributed by atoms with Crippen LogP contribution in [0, 0.1) is 0 Å². The highest BCUT2D eigenvalue weighted by atomic mass is 32.2. The van der Waals surface area contributed by atoms with E-state index in [0.29, 0.717) is 11.3 Å². The molecule has 0 fully saturated rings. The number of sulfone groups is 1. The van der Waals surface area contributed by atoms with E-state index in [4.69, 9.17) is 4.74 Å². The van der Waals surface area contributed by atoms with Gasteiger partial charge in [0.15, 0.2) is 9.84 Å². The molecule has 0 unspecified atom stereocenters. The number of aliphatic hydroxyl groups is 1. The van der Waals surface area contributed by atoms with Crippen molar-refractivity contribution in [3.05, 3.63) is 96.6 Å². The zero-order chi connectivity index (χ0) is 18.4. The minimum Gasteiger partial charge on any atom is -0.491 e. The Morgan fingerprint density at radius 1 is 0.769 bits per heavy atom. The van der Waals surface area contributed by atoms with Crippen molar-refractivity contribution >= 4 is 9.84 Å². The van der Waals surface area contributed by atoms with Crippen LogP contribution in [0.3, 0.4) is 0 Å². The second kappa shape index (κ2) is 8.17. The van der Waals surface area contributed by atoms with Gasteiger partial charge in [-0.05, 0) is 29.8 Å². The third-order valence-electron chi connectivity index (χ3n) is 4.05. The SMILES string of the molecule is O=S(=O)(c1ccccc1)[C@H](c1ccccc1)[C@@H](O)COc1ccccc1. The van der Waals surface area contributed by atoms with E-state index in [9.17, 15) is 13.5 Å². The van der Waals surface area contributed by atoms with Crippen LogP contribution >= 0.6 is 0 Å². The number of benzene rings is 3. The summed E-state index contributed by atoms with van der Waals surface area (Å²) in [6, 6.07) is 25.9. The van der Waals surface area contributed by atoms with Crippen molar-refractivity contribution in [1.82, 2.24) is 0 Å². The fourth-order valence-electron chi connectivity index (χ4n) is 2.79. The van der Waals surface area contributed by atoms with Gasteiger partial charge >= 0.3 is 0 Å². The highest BCUT2D eigenvalue weighted by Gasteiger charge is 2.35. The largest absolute Gasteiger partial charge is 0.491 e. The van der Waals surface area contributed by atoms with Crippen LogP contribution in [0.15, 0.2) is 95.9 Å². The van der Waals surface area contributed by atoms with Crippen LogP contribution in [0.1, 0.15) is 10.8 Å². The Bertz CT molecular complexity index is 910. The highest BCUT2D eigenvalue weighted by Crippen LogP contribution is 2.32. The molecule has 134 valence electrons. The normalized spacial score (nSPS) is 13.7.